The lowest BCUT2D eigenvalue weighted by Crippen LogP contribution is -2.38. The fraction of sp³-hybridized carbons (Fsp3) is 0.538. The lowest BCUT2D eigenvalue weighted by Gasteiger charge is -2.16. The highest BCUT2D eigenvalue weighted by atomic mass is 19.3. The van der Waals surface area contributed by atoms with Crippen molar-refractivity contribution in [2.45, 2.75) is 38.8 Å². The molecular formula is C13H17F4NO. The summed E-state index contributed by atoms with van der Waals surface area (Å²) in [5, 5.41) is 2.31. The summed E-state index contributed by atoms with van der Waals surface area (Å²) in [5.41, 5.74) is 0.723. The van der Waals surface area contributed by atoms with Crippen LogP contribution in [0.5, 0.6) is 5.75 Å². The minimum atomic E-state index is -4.00. The largest absolute Gasteiger partial charge is 0.491 e. The number of ether oxygens (including phenoxy) is 1. The standard InChI is InChI=1S/C13H17F4NO/c1-9(2)19-11-5-3-10(4-6-11)7-18-8-13(16,17)12(14)15/h3-6,9,12,18H,7-8H2,1-2H3. The third-order valence-electron chi connectivity index (χ3n) is 2.30. The molecule has 6 heteroatoms. The van der Waals surface area contributed by atoms with E-state index in [4.69, 9.17) is 4.74 Å². The van der Waals surface area contributed by atoms with Gasteiger partial charge in [-0.1, -0.05) is 12.1 Å². The molecule has 1 rings (SSSR count). The first-order chi connectivity index (χ1) is 8.81. The molecule has 0 spiro atoms. The fourth-order valence-corrected chi connectivity index (χ4v) is 1.41. The second-order valence-corrected chi connectivity index (χ2v) is 4.48. The van der Waals surface area contributed by atoms with Crippen LogP contribution in [0.15, 0.2) is 24.3 Å². The lowest BCUT2D eigenvalue weighted by atomic mass is 10.2. The molecule has 0 saturated heterocycles. The smallest absolute Gasteiger partial charge is 0.319 e. The van der Waals surface area contributed by atoms with Crippen LogP contribution in [0.4, 0.5) is 17.6 Å². The van der Waals surface area contributed by atoms with Crippen LogP contribution in [0, 0.1) is 0 Å². The summed E-state index contributed by atoms with van der Waals surface area (Å²) in [7, 11) is 0. The quantitative estimate of drug-likeness (QED) is 0.772. The molecule has 0 unspecified atom stereocenters. The average molecular weight is 279 g/mol. The molecule has 0 radical (unpaired) electrons. The van der Waals surface area contributed by atoms with Crippen LogP contribution in [0.25, 0.3) is 0 Å². The van der Waals surface area contributed by atoms with E-state index in [2.05, 4.69) is 5.32 Å². The minimum absolute atomic E-state index is 0.0497. The zero-order chi connectivity index (χ0) is 14.5. The second kappa shape index (κ2) is 6.75. The molecule has 1 aromatic rings. The third-order valence-corrected chi connectivity index (χ3v) is 2.30. The van der Waals surface area contributed by atoms with Gasteiger partial charge in [-0.2, -0.15) is 8.78 Å². The fourth-order valence-electron chi connectivity index (χ4n) is 1.41. The number of rotatable bonds is 7. The Kier molecular flexibility index (Phi) is 5.60. The van der Waals surface area contributed by atoms with E-state index in [0.717, 1.165) is 5.56 Å². The topological polar surface area (TPSA) is 21.3 Å². The molecule has 0 heterocycles. The minimum Gasteiger partial charge on any atom is -0.491 e. The van der Waals surface area contributed by atoms with Crippen LogP contribution >= 0.6 is 0 Å². The number of benzene rings is 1. The van der Waals surface area contributed by atoms with E-state index in [1.165, 1.54) is 0 Å². The van der Waals surface area contributed by atoms with E-state index in [0.29, 0.717) is 5.75 Å². The van der Waals surface area contributed by atoms with Crippen molar-refractivity contribution in [3.8, 4) is 5.75 Å². The number of alkyl halides is 4. The van der Waals surface area contributed by atoms with Crippen LogP contribution in [0.3, 0.4) is 0 Å². The first-order valence-electron chi connectivity index (χ1n) is 5.93. The molecule has 0 aliphatic rings. The molecule has 0 fully saturated rings. The van der Waals surface area contributed by atoms with Crippen molar-refractivity contribution in [2.75, 3.05) is 6.54 Å². The Morgan fingerprint density at radius 3 is 2.21 bits per heavy atom. The van der Waals surface area contributed by atoms with Gasteiger partial charge in [0.25, 0.3) is 0 Å². The van der Waals surface area contributed by atoms with Crippen LogP contribution in [-0.4, -0.2) is 25.0 Å². The van der Waals surface area contributed by atoms with Gasteiger partial charge in [0.05, 0.1) is 12.6 Å². The molecule has 0 atom stereocenters. The van der Waals surface area contributed by atoms with Crippen molar-refractivity contribution in [1.82, 2.24) is 5.32 Å². The third kappa shape index (κ3) is 5.46. The summed E-state index contributed by atoms with van der Waals surface area (Å²) in [5.74, 6) is -3.32. The first-order valence-corrected chi connectivity index (χ1v) is 5.93. The van der Waals surface area contributed by atoms with Gasteiger partial charge in [-0.15, -0.1) is 0 Å². The second-order valence-electron chi connectivity index (χ2n) is 4.48. The Labute approximate surface area is 109 Å². The lowest BCUT2D eigenvalue weighted by molar-refractivity contribution is -0.125. The SMILES string of the molecule is CC(C)Oc1ccc(CNCC(F)(F)C(F)F)cc1. The predicted octanol–water partition coefficient (Wildman–Crippen LogP) is 3.46. The molecule has 0 amide bonds. The zero-order valence-corrected chi connectivity index (χ0v) is 10.8. The summed E-state index contributed by atoms with van der Waals surface area (Å²) >= 11 is 0. The van der Waals surface area contributed by atoms with Crippen molar-refractivity contribution in [2.24, 2.45) is 0 Å². The van der Waals surface area contributed by atoms with Gasteiger partial charge in [0.1, 0.15) is 5.75 Å². The van der Waals surface area contributed by atoms with E-state index in [1.807, 2.05) is 13.8 Å². The van der Waals surface area contributed by atoms with Crippen LogP contribution in [0.2, 0.25) is 0 Å². The highest BCUT2D eigenvalue weighted by Gasteiger charge is 2.39. The molecule has 0 aliphatic carbocycles. The van der Waals surface area contributed by atoms with E-state index in [-0.39, 0.29) is 12.6 Å². The van der Waals surface area contributed by atoms with Crippen LogP contribution < -0.4 is 10.1 Å². The molecule has 108 valence electrons. The molecule has 2 nitrogen and oxygen atoms in total. The summed E-state index contributed by atoms with van der Waals surface area (Å²) in [6.07, 6.45) is -3.60. The monoisotopic (exact) mass is 279 g/mol. The van der Waals surface area contributed by atoms with Gasteiger partial charge in [0.2, 0.25) is 0 Å². The van der Waals surface area contributed by atoms with Crippen molar-refractivity contribution in [3.63, 3.8) is 0 Å². The molecule has 1 N–H and O–H groups in total. The van der Waals surface area contributed by atoms with Gasteiger partial charge in [-0.25, -0.2) is 8.78 Å². The number of hydrogen-bond acceptors (Lipinski definition) is 2. The number of nitrogens with one attached hydrogen (secondary N) is 1. The van der Waals surface area contributed by atoms with Gasteiger partial charge in [0, 0.05) is 6.54 Å². The van der Waals surface area contributed by atoms with Gasteiger partial charge in [-0.05, 0) is 31.5 Å². The molecule has 0 saturated carbocycles. The highest BCUT2D eigenvalue weighted by molar-refractivity contribution is 5.27. The van der Waals surface area contributed by atoms with Crippen LogP contribution in [-0.2, 0) is 6.54 Å². The Morgan fingerprint density at radius 1 is 1.16 bits per heavy atom. The van der Waals surface area contributed by atoms with Crippen molar-refractivity contribution >= 4 is 0 Å². The summed E-state index contributed by atoms with van der Waals surface area (Å²) in [4.78, 5) is 0. The van der Waals surface area contributed by atoms with Crippen molar-refractivity contribution in [1.29, 1.82) is 0 Å². The average Bonchev–Trinajstić information content (AvgIpc) is 2.30. The van der Waals surface area contributed by atoms with Gasteiger partial charge < -0.3 is 10.1 Å². The number of hydrogen-bond donors (Lipinski definition) is 1. The van der Waals surface area contributed by atoms with Gasteiger partial charge >= 0.3 is 12.3 Å². The normalized spacial score (nSPS) is 12.2. The zero-order valence-electron chi connectivity index (χ0n) is 10.8. The van der Waals surface area contributed by atoms with Gasteiger partial charge in [0.15, 0.2) is 0 Å². The molecular weight excluding hydrogens is 262 g/mol. The van der Waals surface area contributed by atoms with E-state index in [1.54, 1.807) is 24.3 Å². The highest BCUT2D eigenvalue weighted by Crippen LogP contribution is 2.21. The maximum absolute atomic E-state index is 12.6. The van der Waals surface area contributed by atoms with Crippen molar-refractivity contribution in [3.05, 3.63) is 29.8 Å². The van der Waals surface area contributed by atoms with E-state index in [9.17, 15) is 17.6 Å². The summed E-state index contributed by atoms with van der Waals surface area (Å²) in [6.45, 7) is 2.84. The number of halogens is 4. The molecule has 0 bridgehead atoms. The predicted molar refractivity (Wildman–Crippen MR) is 64.9 cm³/mol. The Hall–Kier alpha value is -1.30. The molecule has 0 aliphatic heterocycles. The summed E-state index contributed by atoms with van der Waals surface area (Å²) < 4.78 is 54.5. The maximum Gasteiger partial charge on any atom is 0.319 e. The summed E-state index contributed by atoms with van der Waals surface area (Å²) in [6, 6.07) is 6.82. The Bertz CT molecular complexity index is 379. The molecule has 19 heavy (non-hydrogen) atoms. The van der Waals surface area contributed by atoms with Gasteiger partial charge in [-0.3, -0.25) is 0 Å². The Morgan fingerprint density at radius 2 is 1.74 bits per heavy atom. The van der Waals surface area contributed by atoms with Crippen molar-refractivity contribution < 1.29 is 22.3 Å². The Balaban J connectivity index is 2.42. The molecule has 0 aromatic heterocycles. The van der Waals surface area contributed by atoms with E-state index < -0.39 is 18.9 Å². The maximum atomic E-state index is 12.6. The first kappa shape index (κ1) is 15.8. The van der Waals surface area contributed by atoms with E-state index >= 15 is 0 Å². The molecule has 1 aromatic carbocycles. The van der Waals surface area contributed by atoms with Crippen LogP contribution in [0.1, 0.15) is 19.4 Å².